The molecule has 1 aliphatic heterocycles. The fourth-order valence-corrected chi connectivity index (χ4v) is 4.24. The Kier molecular flexibility index (Phi) is 6.98. The molecular formula is C27H25F2N5O3. The number of likely N-dealkylation sites (tertiary alicyclic amines) is 1. The first-order valence-corrected chi connectivity index (χ1v) is 11.9. The number of pyridine rings is 1. The molecule has 37 heavy (non-hydrogen) atoms. The lowest BCUT2D eigenvalue weighted by atomic mass is 10.1. The summed E-state index contributed by atoms with van der Waals surface area (Å²) in [7, 11) is 0. The molecule has 0 bridgehead atoms. The maximum atomic E-state index is 13.9. The third kappa shape index (κ3) is 5.85. The molecule has 10 heteroatoms. The highest BCUT2D eigenvalue weighted by atomic mass is 19.1. The number of carbonyl (C=O) groups excluding carboxylic acids is 2. The second kappa shape index (κ2) is 10.7. The monoisotopic (exact) mass is 505 g/mol. The summed E-state index contributed by atoms with van der Waals surface area (Å²) >= 11 is 0. The van der Waals surface area contributed by atoms with Crippen molar-refractivity contribution in [3.8, 4) is 5.75 Å². The van der Waals surface area contributed by atoms with E-state index in [4.69, 9.17) is 4.74 Å². The fraction of sp³-hybridized carbons (Fsp3) is 0.222. The largest absolute Gasteiger partial charge is 0.490 e. The number of nitrogens with one attached hydrogen (secondary N) is 2. The van der Waals surface area contributed by atoms with Crippen LogP contribution in [0.2, 0.25) is 0 Å². The Morgan fingerprint density at radius 1 is 1.00 bits per heavy atom. The molecule has 4 aromatic rings. The number of nitrogens with zero attached hydrogens (tertiary/aromatic N) is 3. The van der Waals surface area contributed by atoms with Gasteiger partial charge in [-0.3, -0.25) is 4.79 Å². The molecule has 2 aromatic heterocycles. The molecule has 0 radical (unpaired) electrons. The Balaban J connectivity index is 1.07. The van der Waals surface area contributed by atoms with Gasteiger partial charge in [0.05, 0.1) is 5.56 Å². The lowest BCUT2D eigenvalue weighted by molar-refractivity contribution is 0.0591. The van der Waals surface area contributed by atoms with Crippen LogP contribution in [0.3, 0.4) is 0 Å². The van der Waals surface area contributed by atoms with Gasteiger partial charge in [0.1, 0.15) is 29.1 Å². The normalized spacial score (nSPS) is 13.9. The number of imidazole rings is 1. The Bertz CT molecular complexity index is 1420. The number of ether oxygens (including phenoxy) is 1. The number of benzene rings is 2. The number of urea groups is 1. The summed E-state index contributed by atoms with van der Waals surface area (Å²) in [5, 5.41) is 5.61. The van der Waals surface area contributed by atoms with Crippen molar-refractivity contribution in [2.75, 3.05) is 18.4 Å². The van der Waals surface area contributed by atoms with Gasteiger partial charge in [-0.25, -0.2) is 18.6 Å². The summed E-state index contributed by atoms with van der Waals surface area (Å²) in [6.07, 6.45) is 6.48. The van der Waals surface area contributed by atoms with Crippen LogP contribution < -0.4 is 15.4 Å². The van der Waals surface area contributed by atoms with Gasteiger partial charge >= 0.3 is 6.03 Å². The van der Waals surface area contributed by atoms with Crippen LogP contribution in [0.4, 0.5) is 19.3 Å². The van der Waals surface area contributed by atoms with Gasteiger partial charge in [-0.15, -0.1) is 0 Å². The Morgan fingerprint density at radius 2 is 1.78 bits per heavy atom. The van der Waals surface area contributed by atoms with Crippen molar-refractivity contribution in [1.29, 1.82) is 0 Å². The summed E-state index contributed by atoms with van der Waals surface area (Å²) in [5.74, 6) is -1.26. The van der Waals surface area contributed by atoms with Gasteiger partial charge < -0.3 is 24.7 Å². The molecular weight excluding hydrogens is 480 g/mol. The zero-order valence-corrected chi connectivity index (χ0v) is 19.9. The number of anilines is 1. The Hall–Kier alpha value is -4.47. The zero-order valence-electron chi connectivity index (χ0n) is 19.9. The van der Waals surface area contributed by atoms with Crippen LogP contribution in [0.25, 0.3) is 5.65 Å². The van der Waals surface area contributed by atoms with Crippen molar-refractivity contribution in [1.82, 2.24) is 19.6 Å². The number of aromatic nitrogens is 2. The van der Waals surface area contributed by atoms with E-state index >= 15 is 0 Å². The molecule has 3 heterocycles. The van der Waals surface area contributed by atoms with Crippen LogP contribution in [-0.2, 0) is 6.54 Å². The van der Waals surface area contributed by atoms with Crippen LogP contribution in [0.15, 0.2) is 73.2 Å². The minimum atomic E-state index is -0.733. The topological polar surface area (TPSA) is 88.0 Å². The van der Waals surface area contributed by atoms with Crippen LogP contribution in [0.5, 0.6) is 5.75 Å². The SMILES string of the molecule is O=C(NCc1ccn2ccnc2c1)Nc1ccc(OC2CCN(C(=O)c3cc(F)ccc3F)CC2)cc1. The van der Waals surface area contributed by atoms with Crippen LogP contribution in [0.1, 0.15) is 28.8 Å². The molecule has 0 aliphatic carbocycles. The minimum absolute atomic E-state index is 0.115. The van der Waals surface area contributed by atoms with E-state index in [-0.39, 0.29) is 17.7 Å². The Morgan fingerprint density at radius 3 is 2.57 bits per heavy atom. The molecule has 8 nitrogen and oxygen atoms in total. The molecule has 0 atom stereocenters. The van der Waals surface area contributed by atoms with E-state index in [1.807, 2.05) is 28.9 Å². The maximum absolute atomic E-state index is 13.9. The predicted octanol–water partition coefficient (Wildman–Crippen LogP) is 4.62. The summed E-state index contributed by atoms with van der Waals surface area (Å²) in [5.41, 5.74) is 2.11. The number of fused-ring (bicyclic) bond motifs is 1. The highest BCUT2D eigenvalue weighted by Gasteiger charge is 2.26. The minimum Gasteiger partial charge on any atom is -0.490 e. The molecule has 190 valence electrons. The summed E-state index contributed by atoms with van der Waals surface area (Å²) in [6, 6.07) is 13.4. The first-order valence-electron chi connectivity index (χ1n) is 11.9. The third-order valence-electron chi connectivity index (χ3n) is 6.22. The summed E-state index contributed by atoms with van der Waals surface area (Å²) in [6.45, 7) is 1.13. The fourth-order valence-electron chi connectivity index (χ4n) is 4.24. The summed E-state index contributed by atoms with van der Waals surface area (Å²) < 4.78 is 35.3. The van der Waals surface area contributed by atoms with E-state index in [9.17, 15) is 18.4 Å². The molecule has 2 N–H and O–H groups in total. The van der Waals surface area contributed by atoms with E-state index in [1.54, 1.807) is 30.5 Å². The molecule has 3 amide bonds. The quantitative estimate of drug-likeness (QED) is 0.400. The van der Waals surface area contributed by atoms with Crippen LogP contribution >= 0.6 is 0 Å². The van der Waals surface area contributed by atoms with Crippen molar-refractivity contribution in [3.05, 3.63) is 95.9 Å². The molecule has 1 saturated heterocycles. The Labute approximate surface area is 211 Å². The lowest BCUT2D eigenvalue weighted by Crippen LogP contribution is -2.42. The number of rotatable bonds is 6. The second-order valence-corrected chi connectivity index (χ2v) is 8.79. The molecule has 0 spiro atoms. The number of carbonyl (C=O) groups is 2. The van der Waals surface area contributed by atoms with Gasteiger partial charge in [0.2, 0.25) is 0 Å². The van der Waals surface area contributed by atoms with Crippen molar-refractivity contribution in [2.45, 2.75) is 25.5 Å². The van der Waals surface area contributed by atoms with Crippen molar-refractivity contribution >= 4 is 23.3 Å². The van der Waals surface area contributed by atoms with Gasteiger partial charge in [0.25, 0.3) is 5.91 Å². The van der Waals surface area contributed by atoms with E-state index in [2.05, 4.69) is 15.6 Å². The molecule has 0 unspecified atom stereocenters. The predicted molar refractivity (Wildman–Crippen MR) is 133 cm³/mol. The van der Waals surface area contributed by atoms with Gasteiger partial charge in [-0.2, -0.15) is 0 Å². The first-order chi connectivity index (χ1) is 17.9. The highest BCUT2D eigenvalue weighted by molar-refractivity contribution is 5.94. The molecule has 5 rings (SSSR count). The van der Waals surface area contributed by atoms with Crippen molar-refractivity contribution in [2.24, 2.45) is 0 Å². The average molecular weight is 506 g/mol. The molecule has 1 aliphatic rings. The molecule has 2 aromatic carbocycles. The maximum Gasteiger partial charge on any atom is 0.319 e. The molecule has 0 saturated carbocycles. The lowest BCUT2D eigenvalue weighted by Gasteiger charge is -2.32. The number of halogens is 2. The van der Waals surface area contributed by atoms with E-state index in [1.165, 1.54) is 4.90 Å². The number of piperidine rings is 1. The average Bonchev–Trinajstić information content (AvgIpc) is 3.38. The summed E-state index contributed by atoms with van der Waals surface area (Å²) in [4.78, 5) is 30.6. The van der Waals surface area contributed by atoms with Gasteiger partial charge in [0, 0.05) is 56.8 Å². The van der Waals surface area contributed by atoms with E-state index in [0.29, 0.717) is 43.9 Å². The number of hydrogen-bond acceptors (Lipinski definition) is 4. The van der Waals surface area contributed by atoms with Gasteiger partial charge in [0.15, 0.2) is 0 Å². The second-order valence-electron chi connectivity index (χ2n) is 8.79. The van der Waals surface area contributed by atoms with Crippen LogP contribution in [-0.4, -0.2) is 45.4 Å². The van der Waals surface area contributed by atoms with E-state index < -0.39 is 17.5 Å². The van der Waals surface area contributed by atoms with Gasteiger partial charge in [-0.1, -0.05) is 0 Å². The van der Waals surface area contributed by atoms with Crippen molar-refractivity contribution < 1.29 is 23.1 Å². The van der Waals surface area contributed by atoms with E-state index in [0.717, 1.165) is 29.4 Å². The standard InChI is InChI=1S/C27H25F2N5O3/c28-19-1-6-24(29)23(16-19)26(35)34-12-8-22(9-13-34)37-21-4-2-20(3-5-21)32-27(36)31-17-18-7-11-33-14-10-30-25(33)15-18/h1-7,10-11,14-16,22H,8-9,12-13,17H2,(H2,31,32,36). The number of hydrogen-bond donors (Lipinski definition) is 2. The first kappa shape index (κ1) is 24.2. The van der Waals surface area contributed by atoms with Crippen molar-refractivity contribution in [3.63, 3.8) is 0 Å². The smallest absolute Gasteiger partial charge is 0.319 e. The third-order valence-corrected chi connectivity index (χ3v) is 6.22. The number of amides is 3. The van der Waals surface area contributed by atoms with Gasteiger partial charge in [-0.05, 0) is 60.2 Å². The zero-order chi connectivity index (χ0) is 25.8. The molecule has 1 fully saturated rings. The highest BCUT2D eigenvalue weighted by Crippen LogP contribution is 2.23. The van der Waals surface area contributed by atoms with Crippen LogP contribution in [0, 0.1) is 11.6 Å².